The average molecular weight is 336 g/mol. The van der Waals surface area contributed by atoms with Gasteiger partial charge in [-0.15, -0.1) is 0 Å². The number of benzene rings is 1. The van der Waals surface area contributed by atoms with Crippen LogP contribution in [0.4, 0.5) is 0 Å². The third kappa shape index (κ3) is 3.78. The van der Waals surface area contributed by atoms with Crippen LogP contribution in [0.2, 0.25) is 5.82 Å². The van der Waals surface area contributed by atoms with Crippen molar-refractivity contribution in [1.82, 2.24) is 0 Å². The number of ketones is 1. The van der Waals surface area contributed by atoms with E-state index in [0.717, 1.165) is 11.9 Å². The van der Waals surface area contributed by atoms with Gasteiger partial charge in [-0.05, 0) is 0 Å². The van der Waals surface area contributed by atoms with Crippen LogP contribution < -0.4 is 14.9 Å². The summed E-state index contributed by atoms with van der Waals surface area (Å²) < 4.78 is 11.2. The number of hydrogen-bond donors (Lipinski definition) is 0. The fourth-order valence-corrected chi connectivity index (χ4v) is 3.56. The topological polar surface area (TPSA) is 52.6 Å². The SMILES string of the molecule is COc1cc2c(cc1OCCCC(C)=O)B=CC1CC(C)=CB1C2=O. The molecule has 0 aliphatic carbocycles. The Morgan fingerprint density at radius 3 is 2.88 bits per heavy atom. The minimum atomic E-state index is -0.0791. The second-order valence-corrected chi connectivity index (χ2v) is 6.87. The summed E-state index contributed by atoms with van der Waals surface area (Å²) in [7, 11) is 1.57. The molecule has 2 aliphatic rings. The first-order valence-electron chi connectivity index (χ1n) is 8.73. The van der Waals surface area contributed by atoms with E-state index in [4.69, 9.17) is 9.47 Å². The molecule has 0 bridgehead atoms. The van der Waals surface area contributed by atoms with Gasteiger partial charge in [-0.2, -0.15) is 0 Å². The minimum absolute atomic E-state index is 0.0791. The first-order chi connectivity index (χ1) is 12.0. The van der Waals surface area contributed by atoms with Gasteiger partial charge in [-0.1, -0.05) is 0 Å². The Kier molecular flexibility index (Phi) is 5.26. The molecule has 0 saturated heterocycles. The van der Waals surface area contributed by atoms with Crippen molar-refractivity contribution in [3.63, 3.8) is 0 Å². The van der Waals surface area contributed by atoms with Gasteiger partial charge in [0.05, 0.1) is 0 Å². The molecule has 25 heavy (non-hydrogen) atoms. The van der Waals surface area contributed by atoms with Crippen LogP contribution in [0.1, 0.15) is 43.5 Å². The molecular weight excluding hydrogens is 314 g/mol. The average Bonchev–Trinajstić information content (AvgIpc) is 2.91. The monoisotopic (exact) mass is 336 g/mol. The molecule has 0 fully saturated rings. The van der Waals surface area contributed by atoms with Crippen LogP contribution in [0, 0.1) is 0 Å². The summed E-state index contributed by atoms with van der Waals surface area (Å²) in [5.41, 5.74) is 2.97. The van der Waals surface area contributed by atoms with Gasteiger partial charge in [-0.3, -0.25) is 0 Å². The van der Waals surface area contributed by atoms with Crippen LogP contribution in [0.5, 0.6) is 11.5 Å². The standard InChI is InChI=1S/C19H22B2O4/c1-12-7-14-10-20-16-9-18(25-6-4-5-13(2)22)17(24-3)8-15(16)19(23)21(14)11-12/h8-11,14H,4-7H2,1-3H3. The summed E-state index contributed by atoms with van der Waals surface area (Å²) >= 11 is 0. The van der Waals surface area contributed by atoms with Gasteiger partial charge in [0.15, 0.2) is 0 Å². The molecule has 0 amide bonds. The first kappa shape index (κ1) is 17.7. The van der Waals surface area contributed by atoms with Crippen molar-refractivity contribution in [3.05, 3.63) is 29.2 Å². The number of rotatable bonds is 6. The van der Waals surface area contributed by atoms with E-state index in [0.29, 0.717) is 36.5 Å². The zero-order valence-corrected chi connectivity index (χ0v) is 15.0. The summed E-state index contributed by atoms with van der Waals surface area (Å²) in [6.07, 6.45) is 2.10. The van der Waals surface area contributed by atoms with Crippen molar-refractivity contribution < 1.29 is 19.1 Å². The van der Waals surface area contributed by atoms with Crippen molar-refractivity contribution >= 4 is 36.5 Å². The fraction of sp³-hybridized carbons (Fsp3) is 0.421. The molecule has 3 rings (SSSR count). The van der Waals surface area contributed by atoms with Crippen molar-refractivity contribution in [2.45, 2.75) is 38.9 Å². The maximum atomic E-state index is 13.0. The van der Waals surface area contributed by atoms with E-state index in [9.17, 15) is 9.59 Å². The fourth-order valence-electron chi connectivity index (χ4n) is 3.56. The number of carbonyl (C=O) groups is 2. The predicted octanol–water partition coefficient (Wildman–Crippen LogP) is 2.06. The van der Waals surface area contributed by atoms with Crippen LogP contribution in [-0.4, -0.2) is 44.8 Å². The molecular formula is C19H22B2O4. The van der Waals surface area contributed by atoms with Gasteiger partial charge < -0.3 is 0 Å². The van der Waals surface area contributed by atoms with E-state index in [1.807, 2.05) is 13.0 Å². The molecule has 1 aromatic rings. The van der Waals surface area contributed by atoms with E-state index in [-0.39, 0.29) is 24.0 Å². The summed E-state index contributed by atoms with van der Waals surface area (Å²) in [5, 5.41) is 0. The molecule has 0 radical (unpaired) electrons. The molecule has 2 heterocycles. The molecule has 1 unspecified atom stereocenters. The van der Waals surface area contributed by atoms with Crippen LogP contribution in [0.3, 0.4) is 0 Å². The van der Waals surface area contributed by atoms with Gasteiger partial charge in [-0.25, -0.2) is 0 Å². The predicted molar refractivity (Wildman–Crippen MR) is 102 cm³/mol. The summed E-state index contributed by atoms with van der Waals surface area (Å²) in [6, 6.07) is 3.65. The van der Waals surface area contributed by atoms with Crippen LogP contribution in [0.15, 0.2) is 23.7 Å². The van der Waals surface area contributed by atoms with Crippen LogP contribution >= 0.6 is 0 Å². The zero-order chi connectivity index (χ0) is 18.0. The first-order valence-corrected chi connectivity index (χ1v) is 8.73. The van der Waals surface area contributed by atoms with E-state index >= 15 is 0 Å². The quantitative estimate of drug-likeness (QED) is 0.590. The molecule has 6 heteroatoms. The third-order valence-electron chi connectivity index (χ3n) is 4.84. The second kappa shape index (κ2) is 7.42. The second-order valence-electron chi connectivity index (χ2n) is 6.87. The van der Waals surface area contributed by atoms with Crippen LogP contribution in [-0.2, 0) is 4.79 Å². The molecule has 0 saturated carbocycles. The van der Waals surface area contributed by atoms with E-state index in [1.54, 1.807) is 20.1 Å². The number of Topliss-reactive ketones (excluding diaryl/α,β-unsaturated/α-hetero) is 1. The van der Waals surface area contributed by atoms with Gasteiger partial charge in [0.25, 0.3) is 0 Å². The van der Waals surface area contributed by atoms with Crippen molar-refractivity contribution in [2.24, 2.45) is 0 Å². The van der Waals surface area contributed by atoms with E-state index in [2.05, 4.69) is 18.9 Å². The van der Waals surface area contributed by atoms with Gasteiger partial charge in [0, 0.05) is 0 Å². The number of methoxy groups -OCH3 is 1. The Bertz CT molecular complexity index is 767. The maximum absolute atomic E-state index is 13.0. The molecule has 0 aromatic heterocycles. The molecule has 2 aliphatic heterocycles. The Labute approximate surface area is 149 Å². The molecule has 128 valence electrons. The number of hydrogen-bond acceptors (Lipinski definition) is 4. The Morgan fingerprint density at radius 1 is 1.36 bits per heavy atom. The van der Waals surface area contributed by atoms with E-state index in [1.165, 1.54) is 5.57 Å². The molecule has 1 aromatic carbocycles. The third-order valence-corrected chi connectivity index (χ3v) is 4.84. The molecule has 0 spiro atoms. The van der Waals surface area contributed by atoms with Crippen molar-refractivity contribution in [2.75, 3.05) is 13.7 Å². The number of carbonyl (C=O) groups excluding carboxylic acids is 2. The molecule has 1 atom stereocenters. The summed E-state index contributed by atoms with van der Waals surface area (Å²) in [5.74, 6) is 5.78. The number of allylic oxidation sites excluding steroid dienone is 1. The number of fused-ring (bicyclic) bond motifs is 2. The van der Waals surface area contributed by atoms with Gasteiger partial charge >= 0.3 is 149 Å². The van der Waals surface area contributed by atoms with Gasteiger partial charge in [0.2, 0.25) is 0 Å². The summed E-state index contributed by atoms with van der Waals surface area (Å²) in [4.78, 5) is 24.0. The zero-order valence-electron chi connectivity index (χ0n) is 15.0. The van der Waals surface area contributed by atoms with Crippen molar-refractivity contribution in [1.29, 1.82) is 0 Å². The van der Waals surface area contributed by atoms with Crippen molar-refractivity contribution in [3.8, 4) is 11.5 Å². The van der Waals surface area contributed by atoms with E-state index < -0.39 is 0 Å². The Hall–Kier alpha value is -2.10. The van der Waals surface area contributed by atoms with Gasteiger partial charge in [0.1, 0.15) is 0 Å². The Morgan fingerprint density at radius 2 is 2.16 bits per heavy atom. The number of ether oxygens (including phenoxy) is 2. The molecule has 0 N–H and O–H groups in total. The van der Waals surface area contributed by atoms with Crippen LogP contribution in [0.25, 0.3) is 0 Å². The summed E-state index contributed by atoms with van der Waals surface area (Å²) in [6.45, 7) is 6.04. The Balaban J connectivity index is 1.86. The normalized spacial score (nSPS) is 18.0. The molecule has 4 nitrogen and oxygen atoms in total.